The first-order valence-electron chi connectivity index (χ1n) is 12.6. The molecule has 7 nitrogen and oxygen atoms in total. The summed E-state index contributed by atoms with van der Waals surface area (Å²) in [6.45, 7) is 7.85. The molecule has 0 bridgehead atoms. The zero-order valence-electron chi connectivity index (χ0n) is 20.9. The first-order valence-corrected chi connectivity index (χ1v) is 12.6. The lowest BCUT2D eigenvalue weighted by Crippen LogP contribution is -2.34. The number of nitrogens with zero attached hydrogens (tertiary/aromatic N) is 1. The van der Waals surface area contributed by atoms with Gasteiger partial charge in [0.1, 0.15) is 11.9 Å². The standard InChI is InChI=1S/C27H38N4O3/c1-17-13-18(2)30-27(33)24(17)16-29-26(32)23-14-22(34-21-9-11-28-12-10-21)15-25(19(23)3)31(4)20-7-5-6-8-20/h13-15,20-21,28H,5-12,16H2,1-4H3,(H,29,32)(H,30,33). The normalized spacial score (nSPS) is 17.1. The summed E-state index contributed by atoms with van der Waals surface area (Å²) in [5.74, 6) is 0.556. The maximum Gasteiger partial charge on any atom is 0.253 e. The lowest BCUT2D eigenvalue weighted by Gasteiger charge is -2.30. The maximum atomic E-state index is 13.4. The Bertz CT molecular complexity index is 1080. The lowest BCUT2D eigenvalue weighted by atomic mass is 10.0. The Hall–Kier alpha value is -2.80. The highest BCUT2D eigenvalue weighted by Crippen LogP contribution is 2.34. The first kappa shape index (κ1) is 24.3. The number of benzene rings is 1. The van der Waals surface area contributed by atoms with Gasteiger partial charge in [-0.05, 0) is 82.8 Å². The quantitative estimate of drug-likeness (QED) is 0.579. The second-order valence-electron chi connectivity index (χ2n) is 9.86. The van der Waals surface area contributed by atoms with Crippen LogP contribution in [0.4, 0.5) is 5.69 Å². The minimum atomic E-state index is -0.186. The summed E-state index contributed by atoms with van der Waals surface area (Å²) >= 11 is 0. The number of H-pyrrole nitrogens is 1. The van der Waals surface area contributed by atoms with Crippen molar-refractivity contribution in [1.29, 1.82) is 0 Å². The molecule has 4 rings (SSSR count). The van der Waals surface area contributed by atoms with Crippen molar-refractivity contribution in [2.75, 3.05) is 25.0 Å². The maximum absolute atomic E-state index is 13.4. The van der Waals surface area contributed by atoms with Crippen LogP contribution in [0, 0.1) is 20.8 Å². The van der Waals surface area contributed by atoms with Gasteiger partial charge in [0.15, 0.2) is 0 Å². The van der Waals surface area contributed by atoms with Gasteiger partial charge in [0, 0.05) is 48.2 Å². The fourth-order valence-electron chi connectivity index (χ4n) is 5.30. The molecule has 0 atom stereocenters. The number of pyridine rings is 1. The molecule has 0 radical (unpaired) electrons. The average Bonchev–Trinajstić information content (AvgIpc) is 3.34. The molecule has 2 fully saturated rings. The molecular formula is C27H38N4O3. The molecule has 0 spiro atoms. The molecule has 34 heavy (non-hydrogen) atoms. The largest absolute Gasteiger partial charge is 0.490 e. The number of hydrogen-bond acceptors (Lipinski definition) is 5. The van der Waals surface area contributed by atoms with Crippen molar-refractivity contribution in [3.8, 4) is 5.75 Å². The van der Waals surface area contributed by atoms with E-state index >= 15 is 0 Å². The van der Waals surface area contributed by atoms with Gasteiger partial charge in [-0.1, -0.05) is 12.8 Å². The predicted molar refractivity (Wildman–Crippen MR) is 136 cm³/mol. The third-order valence-corrected chi connectivity index (χ3v) is 7.36. The Morgan fingerprint density at radius 3 is 2.47 bits per heavy atom. The summed E-state index contributed by atoms with van der Waals surface area (Å²) < 4.78 is 6.37. The highest BCUT2D eigenvalue weighted by atomic mass is 16.5. The van der Waals surface area contributed by atoms with Gasteiger partial charge in [0.25, 0.3) is 11.5 Å². The monoisotopic (exact) mass is 466 g/mol. The number of rotatable bonds is 7. The van der Waals surface area contributed by atoms with E-state index in [1.54, 1.807) is 0 Å². The number of anilines is 1. The molecule has 1 aliphatic heterocycles. The van der Waals surface area contributed by atoms with E-state index < -0.39 is 0 Å². The Morgan fingerprint density at radius 1 is 1.09 bits per heavy atom. The summed E-state index contributed by atoms with van der Waals surface area (Å²) in [6.07, 6.45) is 6.91. The number of aryl methyl sites for hydroxylation is 2. The van der Waals surface area contributed by atoms with Crippen molar-refractivity contribution < 1.29 is 9.53 Å². The molecule has 3 N–H and O–H groups in total. The van der Waals surface area contributed by atoms with Gasteiger partial charge in [0.05, 0.1) is 0 Å². The highest BCUT2D eigenvalue weighted by Gasteiger charge is 2.25. The summed E-state index contributed by atoms with van der Waals surface area (Å²) in [4.78, 5) is 30.9. The van der Waals surface area contributed by atoms with E-state index in [9.17, 15) is 9.59 Å². The number of hydrogen-bond donors (Lipinski definition) is 3. The molecule has 2 aromatic rings. The molecule has 1 saturated carbocycles. The first-order chi connectivity index (χ1) is 16.3. The molecule has 184 valence electrons. The van der Waals surface area contributed by atoms with Gasteiger partial charge < -0.3 is 25.3 Å². The number of ether oxygens (including phenoxy) is 1. The molecule has 1 aromatic heterocycles. The van der Waals surface area contributed by atoms with Gasteiger partial charge in [-0.15, -0.1) is 0 Å². The summed E-state index contributed by atoms with van der Waals surface area (Å²) in [5.41, 5.74) is 4.72. The molecule has 2 aliphatic rings. The van der Waals surface area contributed by atoms with E-state index in [1.165, 1.54) is 25.7 Å². The fourth-order valence-corrected chi connectivity index (χ4v) is 5.30. The molecule has 1 saturated heterocycles. The van der Waals surface area contributed by atoms with E-state index in [2.05, 4.69) is 33.6 Å². The molecule has 0 unspecified atom stereocenters. The highest BCUT2D eigenvalue weighted by molar-refractivity contribution is 5.97. The third kappa shape index (κ3) is 5.46. The Balaban J connectivity index is 1.61. The Kier molecular flexibility index (Phi) is 7.61. The van der Waals surface area contributed by atoms with Crippen molar-refractivity contribution in [2.24, 2.45) is 0 Å². The summed E-state index contributed by atoms with van der Waals surface area (Å²) in [5, 5.41) is 6.35. The van der Waals surface area contributed by atoms with Crippen molar-refractivity contribution >= 4 is 11.6 Å². The van der Waals surface area contributed by atoms with Gasteiger partial charge in [-0.3, -0.25) is 9.59 Å². The van der Waals surface area contributed by atoms with Crippen LogP contribution in [0.25, 0.3) is 0 Å². The average molecular weight is 467 g/mol. The van der Waals surface area contributed by atoms with E-state index in [4.69, 9.17) is 4.74 Å². The smallest absolute Gasteiger partial charge is 0.253 e. The molecular weight excluding hydrogens is 428 g/mol. The molecule has 1 aromatic carbocycles. The van der Waals surface area contributed by atoms with Crippen molar-refractivity contribution in [3.05, 3.63) is 56.5 Å². The van der Waals surface area contributed by atoms with Crippen LogP contribution in [0.2, 0.25) is 0 Å². The van der Waals surface area contributed by atoms with Crippen LogP contribution in [0.1, 0.15) is 71.3 Å². The Labute approximate surface area is 202 Å². The van der Waals surface area contributed by atoms with Crippen LogP contribution in [-0.2, 0) is 6.54 Å². The number of nitrogens with one attached hydrogen (secondary N) is 3. The minimum absolute atomic E-state index is 0.151. The SMILES string of the molecule is Cc1cc(C)c(CNC(=O)c2cc(OC3CCNCC3)cc(N(C)C3CCCC3)c2C)c(=O)[nH]1. The fraction of sp³-hybridized carbons (Fsp3) is 0.556. The van der Waals surface area contributed by atoms with Crippen molar-refractivity contribution in [3.63, 3.8) is 0 Å². The molecule has 1 aliphatic carbocycles. The molecule has 7 heteroatoms. The van der Waals surface area contributed by atoms with Crippen LogP contribution >= 0.6 is 0 Å². The number of piperidine rings is 1. The number of aromatic nitrogens is 1. The zero-order valence-corrected chi connectivity index (χ0v) is 20.9. The van der Waals surface area contributed by atoms with Gasteiger partial charge in [0.2, 0.25) is 0 Å². The van der Waals surface area contributed by atoms with E-state index in [0.29, 0.717) is 17.2 Å². The number of amides is 1. The zero-order chi connectivity index (χ0) is 24.2. The van der Waals surface area contributed by atoms with Gasteiger partial charge >= 0.3 is 0 Å². The predicted octanol–water partition coefficient (Wildman–Crippen LogP) is 3.74. The van der Waals surface area contributed by atoms with Crippen molar-refractivity contribution in [1.82, 2.24) is 15.6 Å². The number of carbonyl (C=O) groups is 1. The second kappa shape index (κ2) is 10.6. The summed E-state index contributed by atoms with van der Waals surface area (Å²) in [7, 11) is 2.13. The summed E-state index contributed by atoms with van der Waals surface area (Å²) in [6, 6.07) is 6.38. The van der Waals surface area contributed by atoms with Gasteiger partial charge in [-0.2, -0.15) is 0 Å². The minimum Gasteiger partial charge on any atom is -0.490 e. The van der Waals surface area contributed by atoms with E-state index in [0.717, 1.165) is 54.2 Å². The van der Waals surface area contributed by atoms with Gasteiger partial charge in [-0.25, -0.2) is 0 Å². The van der Waals surface area contributed by atoms with Crippen molar-refractivity contribution in [2.45, 2.75) is 78.0 Å². The second-order valence-corrected chi connectivity index (χ2v) is 9.86. The lowest BCUT2D eigenvalue weighted by molar-refractivity contribution is 0.0948. The number of carbonyl (C=O) groups excluding carboxylic acids is 1. The van der Waals surface area contributed by atoms with Crippen LogP contribution in [0.5, 0.6) is 5.75 Å². The molecule has 2 heterocycles. The van der Waals surface area contributed by atoms with Crippen LogP contribution in [0.3, 0.4) is 0 Å². The van der Waals surface area contributed by atoms with Crippen LogP contribution in [-0.4, -0.2) is 43.2 Å². The number of aromatic amines is 1. The Morgan fingerprint density at radius 2 is 1.79 bits per heavy atom. The van der Waals surface area contributed by atoms with Crippen LogP contribution < -0.4 is 25.8 Å². The molecule has 1 amide bonds. The third-order valence-electron chi connectivity index (χ3n) is 7.36. The van der Waals surface area contributed by atoms with E-state index in [1.807, 2.05) is 32.9 Å². The van der Waals surface area contributed by atoms with Crippen LogP contribution in [0.15, 0.2) is 23.0 Å². The van der Waals surface area contributed by atoms with E-state index in [-0.39, 0.29) is 24.1 Å². The topological polar surface area (TPSA) is 86.5 Å².